The molecule has 2 bridgehead atoms. The summed E-state index contributed by atoms with van der Waals surface area (Å²) in [4.78, 5) is 30.7. The second-order valence-corrected chi connectivity index (χ2v) is 7.97. The van der Waals surface area contributed by atoms with Gasteiger partial charge in [-0.3, -0.25) is 9.69 Å². The first kappa shape index (κ1) is 16.8. The van der Waals surface area contributed by atoms with E-state index in [1.807, 2.05) is 7.05 Å². The molecule has 2 N–H and O–H groups in total. The SMILES string of the molecule is CN1CC2CCC(N2)C1c1nc2c(cc1F)c(=O)c(C(=O)O)cn2C1CC1. The van der Waals surface area contributed by atoms with E-state index in [9.17, 15) is 14.7 Å². The predicted molar refractivity (Wildman–Crippen MR) is 96.5 cm³/mol. The molecule has 3 fully saturated rings. The van der Waals surface area contributed by atoms with Crippen LogP contribution in [0.5, 0.6) is 0 Å². The molecule has 3 atom stereocenters. The zero-order chi connectivity index (χ0) is 18.9. The van der Waals surface area contributed by atoms with E-state index in [-0.39, 0.29) is 29.1 Å². The lowest BCUT2D eigenvalue weighted by molar-refractivity contribution is 0.0695. The Morgan fingerprint density at radius 3 is 2.81 bits per heavy atom. The minimum Gasteiger partial charge on any atom is -0.477 e. The van der Waals surface area contributed by atoms with E-state index in [0.29, 0.717) is 17.4 Å². The van der Waals surface area contributed by atoms with Gasteiger partial charge in [0.15, 0.2) is 0 Å². The number of aromatic nitrogens is 2. The highest BCUT2D eigenvalue weighted by atomic mass is 19.1. The molecule has 142 valence electrons. The van der Waals surface area contributed by atoms with Gasteiger partial charge in [-0.15, -0.1) is 0 Å². The fourth-order valence-electron chi connectivity index (χ4n) is 4.66. The van der Waals surface area contributed by atoms with Crippen LogP contribution in [0.2, 0.25) is 0 Å². The molecule has 0 radical (unpaired) electrons. The molecule has 3 aliphatic rings. The van der Waals surface area contributed by atoms with Crippen molar-refractivity contribution < 1.29 is 14.3 Å². The number of nitrogens with zero attached hydrogens (tertiary/aromatic N) is 3. The van der Waals surface area contributed by atoms with Crippen molar-refractivity contribution in [1.82, 2.24) is 19.8 Å². The lowest BCUT2D eigenvalue weighted by Crippen LogP contribution is -2.51. The molecule has 8 heteroatoms. The Morgan fingerprint density at radius 2 is 2.11 bits per heavy atom. The molecule has 0 amide bonds. The number of hydrogen-bond donors (Lipinski definition) is 2. The maximum Gasteiger partial charge on any atom is 0.341 e. The van der Waals surface area contributed by atoms with Crippen LogP contribution in [0.4, 0.5) is 4.39 Å². The number of halogens is 1. The molecule has 2 aromatic rings. The number of likely N-dealkylation sites (tertiary alicyclic amines) is 1. The van der Waals surface area contributed by atoms with E-state index >= 15 is 4.39 Å². The maximum absolute atomic E-state index is 15.0. The summed E-state index contributed by atoms with van der Waals surface area (Å²) >= 11 is 0. The van der Waals surface area contributed by atoms with Gasteiger partial charge in [-0.1, -0.05) is 0 Å². The van der Waals surface area contributed by atoms with Crippen LogP contribution in [0.1, 0.15) is 53.8 Å². The highest BCUT2D eigenvalue weighted by Gasteiger charge is 2.41. The third kappa shape index (κ3) is 2.58. The number of carbonyl (C=O) groups is 1. The number of likely N-dealkylation sites (N-methyl/N-ethyl adjacent to an activating group) is 1. The Labute approximate surface area is 154 Å². The monoisotopic (exact) mass is 372 g/mol. The van der Waals surface area contributed by atoms with E-state index in [1.165, 1.54) is 12.3 Å². The van der Waals surface area contributed by atoms with Gasteiger partial charge in [-0.25, -0.2) is 14.2 Å². The van der Waals surface area contributed by atoms with Crippen LogP contribution >= 0.6 is 0 Å². The quantitative estimate of drug-likeness (QED) is 0.852. The van der Waals surface area contributed by atoms with Crippen LogP contribution in [0.15, 0.2) is 17.1 Å². The summed E-state index contributed by atoms with van der Waals surface area (Å²) in [7, 11) is 1.98. The summed E-state index contributed by atoms with van der Waals surface area (Å²) in [5.74, 6) is -1.84. The predicted octanol–water partition coefficient (Wildman–Crippen LogP) is 1.68. The van der Waals surface area contributed by atoms with Gasteiger partial charge < -0.3 is 15.0 Å². The van der Waals surface area contributed by atoms with Crippen molar-refractivity contribution in [2.45, 2.75) is 49.9 Å². The normalized spacial score (nSPS) is 28.0. The minimum atomic E-state index is -1.30. The molecule has 0 spiro atoms. The zero-order valence-electron chi connectivity index (χ0n) is 15.0. The fourth-order valence-corrected chi connectivity index (χ4v) is 4.66. The van der Waals surface area contributed by atoms with Gasteiger partial charge in [-0.2, -0.15) is 0 Å². The number of hydrogen-bond acceptors (Lipinski definition) is 5. The molecule has 7 nitrogen and oxygen atoms in total. The highest BCUT2D eigenvalue weighted by Crippen LogP contribution is 2.39. The van der Waals surface area contributed by atoms with E-state index in [2.05, 4.69) is 15.2 Å². The van der Waals surface area contributed by atoms with Gasteiger partial charge in [0.25, 0.3) is 0 Å². The summed E-state index contributed by atoms with van der Waals surface area (Å²) in [6, 6.07) is 1.67. The van der Waals surface area contributed by atoms with Crippen LogP contribution in [-0.4, -0.2) is 51.2 Å². The number of aromatic carboxylic acids is 1. The van der Waals surface area contributed by atoms with Gasteiger partial charge in [0.1, 0.15) is 17.0 Å². The average Bonchev–Trinajstić information content (AvgIpc) is 3.39. The summed E-state index contributed by atoms with van der Waals surface area (Å²) < 4.78 is 16.8. The maximum atomic E-state index is 15.0. The lowest BCUT2D eigenvalue weighted by Gasteiger charge is -2.38. The molecule has 27 heavy (non-hydrogen) atoms. The molecule has 2 aliphatic heterocycles. The van der Waals surface area contributed by atoms with Crippen LogP contribution in [0.3, 0.4) is 0 Å². The summed E-state index contributed by atoms with van der Waals surface area (Å²) in [6.45, 7) is 0.827. The zero-order valence-corrected chi connectivity index (χ0v) is 15.0. The van der Waals surface area contributed by atoms with Crippen LogP contribution < -0.4 is 10.7 Å². The number of rotatable bonds is 3. The molecule has 4 heterocycles. The molecular formula is C19H21FN4O3. The van der Waals surface area contributed by atoms with Crippen LogP contribution in [-0.2, 0) is 0 Å². The van der Waals surface area contributed by atoms with Crippen molar-refractivity contribution in [3.63, 3.8) is 0 Å². The van der Waals surface area contributed by atoms with Gasteiger partial charge in [0.05, 0.1) is 17.1 Å². The van der Waals surface area contributed by atoms with Gasteiger partial charge in [-0.05, 0) is 38.8 Å². The Kier molecular flexibility index (Phi) is 3.64. The Bertz CT molecular complexity index is 1020. The minimum absolute atomic E-state index is 0.0405. The Morgan fingerprint density at radius 1 is 1.33 bits per heavy atom. The Balaban J connectivity index is 1.72. The van der Waals surface area contributed by atoms with Crippen molar-refractivity contribution >= 4 is 17.0 Å². The molecule has 1 aliphatic carbocycles. The van der Waals surface area contributed by atoms with Crippen molar-refractivity contribution in [2.24, 2.45) is 0 Å². The van der Waals surface area contributed by atoms with Crippen molar-refractivity contribution in [3.8, 4) is 0 Å². The molecule has 5 rings (SSSR count). The fraction of sp³-hybridized carbons (Fsp3) is 0.526. The van der Waals surface area contributed by atoms with E-state index < -0.39 is 17.2 Å². The molecule has 3 unspecified atom stereocenters. The Hall–Kier alpha value is -2.32. The summed E-state index contributed by atoms with van der Waals surface area (Å²) in [5.41, 5.74) is -0.293. The van der Waals surface area contributed by atoms with Gasteiger partial charge >= 0.3 is 5.97 Å². The molecular weight excluding hydrogens is 351 g/mol. The smallest absolute Gasteiger partial charge is 0.341 e. The van der Waals surface area contributed by atoms with Crippen molar-refractivity contribution in [3.05, 3.63) is 39.6 Å². The number of nitrogens with one attached hydrogen (secondary N) is 1. The summed E-state index contributed by atoms with van der Waals surface area (Å²) in [6.07, 6.45) is 5.21. The number of piperazine rings is 1. The third-order valence-corrected chi connectivity index (χ3v) is 6.08. The topological polar surface area (TPSA) is 87.5 Å². The van der Waals surface area contributed by atoms with E-state index in [4.69, 9.17) is 0 Å². The molecule has 2 saturated heterocycles. The van der Waals surface area contributed by atoms with Crippen molar-refractivity contribution in [1.29, 1.82) is 0 Å². The van der Waals surface area contributed by atoms with E-state index in [1.54, 1.807) is 4.57 Å². The van der Waals surface area contributed by atoms with Crippen LogP contribution in [0.25, 0.3) is 11.0 Å². The third-order valence-electron chi connectivity index (χ3n) is 6.08. The first-order valence-electron chi connectivity index (χ1n) is 9.39. The number of pyridine rings is 2. The molecule has 0 aromatic carbocycles. The first-order chi connectivity index (χ1) is 12.9. The van der Waals surface area contributed by atoms with Gasteiger partial charge in [0, 0.05) is 30.9 Å². The number of carboxylic acids is 1. The second-order valence-electron chi connectivity index (χ2n) is 7.97. The first-order valence-corrected chi connectivity index (χ1v) is 9.39. The standard InChI is InChI=1S/C19H21FN4O3/c1-23-7-9-2-5-14(21-9)16(23)15-13(20)6-11-17(25)12(19(26)27)8-24(10-3-4-10)18(11)22-15/h6,8-10,14,16,21H,2-5,7H2,1H3,(H,26,27). The number of fused-ring (bicyclic) bond motifs is 3. The molecule has 1 saturated carbocycles. The highest BCUT2D eigenvalue weighted by molar-refractivity contribution is 5.91. The average molecular weight is 372 g/mol. The van der Waals surface area contributed by atoms with Crippen molar-refractivity contribution in [2.75, 3.05) is 13.6 Å². The van der Waals surface area contributed by atoms with Crippen LogP contribution in [0, 0.1) is 5.82 Å². The summed E-state index contributed by atoms with van der Waals surface area (Å²) in [5, 5.41) is 12.9. The number of carboxylic acid groups (broad SMARTS) is 1. The second kappa shape index (κ2) is 5.84. The van der Waals surface area contributed by atoms with E-state index in [0.717, 1.165) is 32.2 Å². The largest absolute Gasteiger partial charge is 0.477 e. The lowest BCUT2D eigenvalue weighted by atomic mass is 10.00. The molecule has 2 aromatic heterocycles. The van der Waals surface area contributed by atoms with Gasteiger partial charge in [0.2, 0.25) is 5.43 Å².